The third-order valence-corrected chi connectivity index (χ3v) is 3.98. The van der Waals surface area contributed by atoms with Crippen molar-refractivity contribution in [2.45, 2.75) is 114 Å². The second-order valence-electron chi connectivity index (χ2n) is 7.09. The Morgan fingerprint density at radius 3 is 1.55 bits per heavy atom. The summed E-state index contributed by atoms with van der Waals surface area (Å²) in [5, 5.41) is 3.22. The van der Waals surface area contributed by atoms with Gasteiger partial charge in [-0.2, -0.15) is 0 Å². The second kappa shape index (κ2) is 21.0. The van der Waals surface area contributed by atoms with Crippen molar-refractivity contribution in [3.8, 4) is 0 Å². The van der Waals surface area contributed by atoms with Crippen molar-refractivity contribution >= 4 is 0 Å². The van der Waals surface area contributed by atoms with E-state index in [1.165, 1.54) is 64.5 Å². The molecule has 22 heavy (non-hydrogen) atoms. The molecule has 1 heterocycles. The molecule has 1 aliphatic rings. The van der Waals surface area contributed by atoms with Crippen LogP contribution < -0.4 is 5.32 Å². The van der Waals surface area contributed by atoms with Crippen LogP contribution in [-0.4, -0.2) is 13.1 Å². The Bertz CT molecular complexity index is 161. The zero-order valence-corrected chi connectivity index (χ0v) is 17.6. The maximum atomic E-state index is 3.22. The predicted octanol–water partition coefficient (Wildman–Crippen LogP) is 7.45. The number of nitrogens with one attached hydrogen (secondary N) is 1. The summed E-state index contributed by atoms with van der Waals surface area (Å²) in [7, 11) is 0. The molecule has 0 amide bonds. The Kier molecular flexibility index (Phi) is 25.6. The highest BCUT2D eigenvalue weighted by Crippen LogP contribution is 2.31. The van der Waals surface area contributed by atoms with E-state index in [4.69, 9.17) is 0 Å². The SMILES string of the molecule is C1CCNC1.CC.CCCC.CCCC(C)(C)CC(C)CC. The van der Waals surface area contributed by atoms with Gasteiger partial charge in [-0.05, 0) is 50.1 Å². The Labute approximate surface area is 144 Å². The fourth-order valence-electron chi connectivity index (χ4n) is 2.49. The summed E-state index contributed by atoms with van der Waals surface area (Å²) in [5.74, 6) is 0.900. The van der Waals surface area contributed by atoms with E-state index in [2.05, 4.69) is 53.8 Å². The zero-order valence-electron chi connectivity index (χ0n) is 17.6. The molecule has 1 N–H and O–H groups in total. The Morgan fingerprint density at radius 2 is 1.32 bits per heavy atom. The molecule has 0 bridgehead atoms. The third kappa shape index (κ3) is 24.9. The van der Waals surface area contributed by atoms with Gasteiger partial charge in [0.2, 0.25) is 0 Å². The van der Waals surface area contributed by atoms with Gasteiger partial charge < -0.3 is 5.32 Å². The molecule has 1 nitrogen and oxygen atoms in total. The Hall–Kier alpha value is -0.0400. The van der Waals surface area contributed by atoms with E-state index in [1.807, 2.05) is 13.8 Å². The molecule has 0 aromatic carbocycles. The molecule has 0 aliphatic carbocycles. The molecule has 1 atom stereocenters. The first kappa shape index (κ1) is 26.8. The van der Waals surface area contributed by atoms with Gasteiger partial charge in [0.05, 0.1) is 0 Å². The van der Waals surface area contributed by atoms with E-state index < -0.39 is 0 Å². The van der Waals surface area contributed by atoms with Crippen molar-refractivity contribution in [1.29, 1.82) is 0 Å². The molecular formula is C21H49N. The maximum absolute atomic E-state index is 3.22. The lowest BCUT2D eigenvalue weighted by atomic mass is 9.79. The van der Waals surface area contributed by atoms with Crippen molar-refractivity contribution < 1.29 is 0 Å². The van der Waals surface area contributed by atoms with Gasteiger partial charge in [-0.1, -0.05) is 88.0 Å². The normalized spacial score (nSPS) is 14.6. The van der Waals surface area contributed by atoms with Crippen LogP contribution in [0.5, 0.6) is 0 Å². The summed E-state index contributed by atoms with van der Waals surface area (Å²) in [6.07, 6.45) is 10.8. The average Bonchev–Trinajstić information content (AvgIpc) is 3.08. The molecule has 1 fully saturated rings. The molecule has 0 aromatic heterocycles. The largest absolute Gasteiger partial charge is 0.317 e. The van der Waals surface area contributed by atoms with Crippen molar-refractivity contribution in [2.24, 2.45) is 11.3 Å². The number of rotatable bonds is 6. The van der Waals surface area contributed by atoms with Crippen LogP contribution in [0.25, 0.3) is 0 Å². The highest BCUT2D eigenvalue weighted by Gasteiger charge is 2.18. The lowest BCUT2D eigenvalue weighted by Gasteiger charge is -2.27. The molecule has 1 heteroatoms. The van der Waals surface area contributed by atoms with Gasteiger partial charge in [0, 0.05) is 0 Å². The first-order valence-corrected chi connectivity index (χ1v) is 10.1. The van der Waals surface area contributed by atoms with Gasteiger partial charge in [-0.15, -0.1) is 0 Å². The molecule has 1 rings (SSSR count). The monoisotopic (exact) mass is 315 g/mol. The highest BCUT2D eigenvalue weighted by molar-refractivity contribution is 4.70. The summed E-state index contributed by atoms with van der Waals surface area (Å²) >= 11 is 0. The van der Waals surface area contributed by atoms with Crippen LogP contribution >= 0.6 is 0 Å². The van der Waals surface area contributed by atoms with Crippen molar-refractivity contribution in [2.75, 3.05) is 13.1 Å². The van der Waals surface area contributed by atoms with E-state index in [-0.39, 0.29) is 0 Å². The number of unbranched alkanes of at least 4 members (excludes halogenated alkanes) is 1. The molecular weight excluding hydrogens is 266 g/mol. The van der Waals surface area contributed by atoms with E-state index >= 15 is 0 Å². The lowest BCUT2D eigenvalue weighted by Crippen LogP contribution is -2.14. The molecule has 1 saturated heterocycles. The van der Waals surface area contributed by atoms with Gasteiger partial charge >= 0.3 is 0 Å². The molecule has 0 saturated carbocycles. The minimum absolute atomic E-state index is 0.574. The minimum Gasteiger partial charge on any atom is -0.317 e. The van der Waals surface area contributed by atoms with Gasteiger partial charge in [0.25, 0.3) is 0 Å². The minimum atomic E-state index is 0.574. The standard InChI is InChI=1S/C11H24.C4H9N.C4H10.C2H6/c1-6-8-11(4,5)9-10(3)7-2;1-2-4-5-3-1;1-3-4-2;1-2/h10H,6-9H2,1-5H3;5H,1-4H2;3-4H2,1-2H3;1-2H3. The molecule has 0 spiro atoms. The molecule has 0 radical (unpaired) electrons. The van der Waals surface area contributed by atoms with Crippen LogP contribution in [0.3, 0.4) is 0 Å². The molecule has 138 valence electrons. The molecule has 0 aromatic rings. The first-order valence-electron chi connectivity index (χ1n) is 10.1. The topological polar surface area (TPSA) is 12.0 Å². The van der Waals surface area contributed by atoms with Crippen molar-refractivity contribution in [3.05, 3.63) is 0 Å². The van der Waals surface area contributed by atoms with Crippen LogP contribution in [0.1, 0.15) is 114 Å². The lowest BCUT2D eigenvalue weighted by molar-refractivity contribution is 0.251. The van der Waals surface area contributed by atoms with Crippen LogP contribution in [0.2, 0.25) is 0 Å². The zero-order chi connectivity index (χ0) is 17.9. The Morgan fingerprint density at radius 1 is 0.864 bits per heavy atom. The summed E-state index contributed by atoms with van der Waals surface area (Å²) in [5.41, 5.74) is 0.574. The van der Waals surface area contributed by atoms with Crippen LogP contribution in [0.15, 0.2) is 0 Å². The summed E-state index contributed by atoms with van der Waals surface area (Å²) in [6, 6.07) is 0. The number of hydrogen-bond acceptors (Lipinski definition) is 1. The van der Waals surface area contributed by atoms with E-state index in [0.717, 1.165) is 5.92 Å². The average molecular weight is 316 g/mol. The summed E-state index contributed by atoms with van der Waals surface area (Å²) in [4.78, 5) is 0. The Balaban J connectivity index is -0.000000270. The van der Waals surface area contributed by atoms with E-state index in [9.17, 15) is 0 Å². The van der Waals surface area contributed by atoms with Gasteiger partial charge in [-0.25, -0.2) is 0 Å². The van der Waals surface area contributed by atoms with Gasteiger partial charge in [-0.3, -0.25) is 0 Å². The van der Waals surface area contributed by atoms with Gasteiger partial charge in [0.15, 0.2) is 0 Å². The fourth-order valence-corrected chi connectivity index (χ4v) is 2.49. The third-order valence-electron chi connectivity index (χ3n) is 3.98. The summed E-state index contributed by atoms with van der Waals surface area (Å²) < 4.78 is 0. The second-order valence-corrected chi connectivity index (χ2v) is 7.09. The number of hydrogen-bond donors (Lipinski definition) is 1. The predicted molar refractivity (Wildman–Crippen MR) is 107 cm³/mol. The van der Waals surface area contributed by atoms with Crippen LogP contribution in [-0.2, 0) is 0 Å². The molecule has 1 aliphatic heterocycles. The van der Waals surface area contributed by atoms with E-state index in [0.29, 0.717) is 5.41 Å². The quantitative estimate of drug-likeness (QED) is 0.536. The van der Waals surface area contributed by atoms with Crippen molar-refractivity contribution in [1.82, 2.24) is 5.32 Å². The maximum Gasteiger partial charge on any atom is -0.00484 e. The molecule has 1 unspecified atom stereocenters. The highest BCUT2D eigenvalue weighted by atomic mass is 14.9. The summed E-state index contributed by atoms with van der Waals surface area (Å²) in [6.45, 7) is 22.6. The van der Waals surface area contributed by atoms with Crippen LogP contribution in [0, 0.1) is 11.3 Å². The smallest absolute Gasteiger partial charge is 0.00484 e. The van der Waals surface area contributed by atoms with Crippen molar-refractivity contribution in [3.63, 3.8) is 0 Å². The van der Waals surface area contributed by atoms with Gasteiger partial charge in [0.1, 0.15) is 0 Å². The fraction of sp³-hybridized carbons (Fsp3) is 1.00. The van der Waals surface area contributed by atoms with E-state index in [1.54, 1.807) is 0 Å². The van der Waals surface area contributed by atoms with Crippen LogP contribution in [0.4, 0.5) is 0 Å². The first-order chi connectivity index (χ1) is 10.4.